The lowest BCUT2D eigenvalue weighted by Gasteiger charge is -2.44. The number of likely N-dealkylation sites (tertiary alicyclic amines) is 1. The summed E-state index contributed by atoms with van der Waals surface area (Å²) in [6.45, 7) is 12.8. The smallest absolute Gasteiger partial charge is 0.223 e. The molecular formula is C23H36N4O2. The summed E-state index contributed by atoms with van der Waals surface area (Å²) in [7, 11) is 0. The van der Waals surface area contributed by atoms with Crippen LogP contribution in [0.1, 0.15) is 24.8 Å². The van der Waals surface area contributed by atoms with Gasteiger partial charge in [0.05, 0.1) is 13.2 Å². The zero-order valence-corrected chi connectivity index (χ0v) is 17.9. The molecule has 0 bridgehead atoms. The number of rotatable bonds is 5. The third-order valence-electron chi connectivity index (χ3n) is 6.78. The van der Waals surface area contributed by atoms with Gasteiger partial charge >= 0.3 is 0 Å². The fourth-order valence-electron chi connectivity index (χ4n) is 4.96. The molecule has 3 aliphatic heterocycles. The second-order valence-electron chi connectivity index (χ2n) is 8.65. The molecule has 0 spiro atoms. The number of benzene rings is 1. The van der Waals surface area contributed by atoms with Crippen molar-refractivity contribution >= 4 is 11.6 Å². The van der Waals surface area contributed by atoms with Crippen molar-refractivity contribution < 1.29 is 9.53 Å². The molecular weight excluding hydrogens is 364 g/mol. The number of anilines is 1. The summed E-state index contributed by atoms with van der Waals surface area (Å²) in [5.41, 5.74) is 2.73. The van der Waals surface area contributed by atoms with Gasteiger partial charge in [0.15, 0.2) is 0 Å². The summed E-state index contributed by atoms with van der Waals surface area (Å²) < 4.78 is 5.40. The molecule has 4 rings (SSSR count). The van der Waals surface area contributed by atoms with Crippen LogP contribution in [0.5, 0.6) is 0 Å². The zero-order chi connectivity index (χ0) is 20.1. The largest absolute Gasteiger partial charge is 0.379 e. The molecule has 3 saturated heterocycles. The Morgan fingerprint density at radius 2 is 1.79 bits per heavy atom. The van der Waals surface area contributed by atoms with Gasteiger partial charge in [0, 0.05) is 77.1 Å². The molecule has 6 heteroatoms. The Bertz CT molecular complexity index is 669. The van der Waals surface area contributed by atoms with E-state index in [0.29, 0.717) is 18.4 Å². The van der Waals surface area contributed by atoms with E-state index in [2.05, 4.69) is 50.8 Å². The van der Waals surface area contributed by atoms with Crippen LogP contribution < -0.4 is 4.90 Å². The van der Waals surface area contributed by atoms with E-state index in [1.165, 1.54) is 17.7 Å². The molecule has 1 amide bonds. The molecule has 1 aromatic carbocycles. The van der Waals surface area contributed by atoms with Crippen LogP contribution in [0, 0.1) is 6.92 Å². The Morgan fingerprint density at radius 1 is 1.03 bits per heavy atom. The summed E-state index contributed by atoms with van der Waals surface area (Å²) >= 11 is 0. The van der Waals surface area contributed by atoms with Gasteiger partial charge in [-0.15, -0.1) is 0 Å². The lowest BCUT2D eigenvalue weighted by atomic mass is 10.0. The summed E-state index contributed by atoms with van der Waals surface area (Å²) in [6.07, 6.45) is 3.00. The van der Waals surface area contributed by atoms with E-state index in [4.69, 9.17) is 4.74 Å². The second-order valence-corrected chi connectivity index (χ2v) is 8.65. The van der Waals surface area contributed by atoms with Crippen LogP contribution in [0.25, 0.3) is 0 Å². The monoisotopic (exact) mass is 400 g/mol. The van der Waals surface area contributed by atoms with Crippen molar-refractivity contribution in [3.63, 3.8) is 0 Å². The maximum Gasteiger partial charge on any atom is 0.223 e. The summed E-state index contributed by atoms with van der Waals surface area (Å²) in [5, 5.41) is 0. The number of para-hydroxylation sites is 1. The maximum atomic E-state index is 12.8. The lowest BCUT2D eigenvalue weighted by molar-refractivity contribution is -0.134. The van der Waals surface area contributed by atoms with Crippen LogP contribution in [0.3, 0.4) is 0 Å². The van der Waals surface area contributed by atoms with Gasteiger partial charge in [-0.05, 0) is 31.4 Å². The van der Waals surface area contributed by atoms with Crippen LogP contribution in [-0.2, 0) is 9.53 Å². The number of piperidine rings is 1. The summed E-state index contributed by atoms with van der Waals surface area (Å²) in [5.74, 6) is 0.333. The van der Waals surface area contributed by atoms with Gasteiger partial charge in [-0.1, -0.05) is 18.2 Å². The first-order valence-corrected chi connectivity index (χ1v) is 11.3. The number of aryl methyl sites for hydroxylation is 1. The molecule has 0 aliphatic carbocycles. The molecule has 1 aromatic rings. The average Bonchev–Trinajstić information content (AvgIpc) is 2.79. The lowest BCUT2D eigenvalue weighted by Crippen LogP contribution is -2.56. The van der Waals surface area contributed by atoms with E-state index in [1.807, 2.05) is 0 Å². The van der Waals surface area contributed by atoms with E-state index in [1.54, 1.807) is 0 Å². The highest BCUT2D eigenvalue weighted by atomic mass is 16.5. The number of amides is 1. The number of carbonyl (C=O) groups excluding carboxylic acids is 1. The predicted molar refractivity (Wildman–Crippen MR) is 116 cm³/mol. The van der Waals surface area contributed by atoms with Crippen molar-refractivity contribution in [3.8, 4) is 0 Å². The third-order valence-corrected chi connectivity index (χ3v) is 6.78. The van der Waals surface area contributed by atoms with Gasteiger partial charge < -0.3 is 14.5 Å². The van der Waals surface area contributed by atoms with Crippen LogP contribution in [0.2, 0.25) is 0 Å². The molecule has 0 N–H and O–H groups in total. The zero-order valence-electron chi connectivity index (χ0n) is 17.9. The molecule has 1 atom stereocenters. The van der Waals surface area contributed by atoms with E-state index >= 15 is 0 Å². The van der Waals surface area contributed by atoms with Crippen molar-refractivity contribution in [1.82, 2.24) is 14.7 Å². The highest BCUT2D eigenvalue weighted by Gasteiger charge is 2.30. The van der Waals surface area contributed by atoms with Crippen molar-refractivity contribution in [2.45, 2.75) is 32.2 Å². The van der Waals surface area contributed by atoms with Crippen molar-refractivity contribution in [2.24, 2.45) is 0 Å². The summed E-state index contributed by atoms with van der Waals surface area (Å²) in [4.78, 5) is 22.4. The van der Waals surface area contributed by atoms with Gasteiger partial charge in [-0.25, -0.2) is 0 Å². The molecule has 29 heavy (non-hydrogen) atoms. The number of ether oxygens (including phenoxy) is 1. The number of piperazine rings is 1. The Labute approximate surface area is 175 Å². The minimum absolute atomic E-state index is 0.333. The highest BCUT2D eigenvalue weighted by molar-refractivity contribution is 5.76. The standard InChI is InChI=1S/C23H36N4O2/c1-20-5-2-3-7-22(20)26-13-11-25(12-14-26)21-6-4-9-27(19-21)23(28)8-10-24-15-17-29-18-16-24/h2-3,5,7,21H,4,6,8-19H2,1H3/t21-/m0/s1. The second kappa shape index (κ2) is 9.92. The van der Waals surface area contributed by atoms with Crippen molar-refractivity contribution in [1.29, 1.82) is 0 Å². The van der Waals surface area contributed by atoms with Crippen molar-refractivity contribution in [2.75, 3.05) is 77.0 Å². The molecule has 3 heterocycles. The first kappa shape index (κ1) is 20.6. The minimum atomic E-state index is 0.333. The predicted octanol–water partition coefficient (Wildman–Crippen LogP) is 1.83. The van der Waals surface area contributed by atoms with E-state index in [-0.39, 0.29) is 0 Å². The fourth-order valence-corrected chi connectivity index (χ4v) is 4.96. The quantitative estimate of drug-likeness (QED) is 0.754. The number of hydrogen-bond donors (Lipinski definition) is 0. The maximum absolute atomic E-state index is 12.8. The average molecular weight is 401 g/mol. The van der Waals surface area contributed by atoms with Crippen LogP contribution >= 0.6 is 0 Å². The first-order chi connectivity index (χ1) is 14.2. The Morgan fingerprint density at radius 3 is 2.55 bits per heavy atom. The Kier molecular flexibility index (Phi) is 7.06. The number of morpholine rings is 1. The normalized spacial score (nSPS) is 24.7. The summed E-state index contributed by atoms with van der Waals surface area (Å²) in [6, 6.07) is 9.21. The highest BCUT2D eigenvalue weighted by Crippen LogP contribution is 2.23. The van der Waals surface area contributed by atoms with E-state index in [0.717, 1.165) is 78.5 Å². The van der Waals surface area contributed by atoms with Gasteiger partial charge in [0.25, 0.3) is 0 Å². The van der Waals surface area contributed by atoms with E-state index < -0.39 is 0 Å². The number of carbonyl (C=O) groups is 1. The topological polar surface area (TPSA) is 39.3 Å². The SMILES string of the molecule is Cc1ccccc1N1CCN([C@H]2CCCN(C(=O)CCN3CCOCC3)C2)CC1. The van der Waals surface area contributed by atoms with Crippen LogP contribution in [-0.4, -0.2) is 98.8 Å². The van der Waals surface area contributed by atoms with Gasteiger partial charge in [0.1, 0.15) is 0 Å². The number of nitrogens with zero attached hydrogens (tertiary/aromatic N) is 4. The van der Waals surface area contributed by atoms with Crippen molar-refractivity contribution in [3.05, 3.63) is 29.8 Å². The molecule has 6 nitrogen and oxygen atoms in total. The van der Waals surface area contributed by atoms with Gasteiger partial charge in [-0.3, -0.25) is 14.6 Å². The molecule has 0 radical (unpaired) electrons. The Balaban J connectivity index is 1.24. The Hall–Kier alpha value is -1.63. The van der Waals surface area contributed by atoms with E-state index in [9.17, 15) is 4.79 Å². The molecule has 3 aliphatic rings. The van der Waals surface area contributed by atoms with Crippen LogP contribution in [0.15, 0.2) is 24.3 Å². The van der Waals surface area contributed by atoms with Gasteiger partial charge in [0.2, 0.25) is 5.91 Å². The first-order valence-electron chi connectivity index (χ1n) is 11.3. The molecule has 0 unspecified atom stereocenters. The minimum Gasteiger partial charge on any atom is -0.379 e. The molecule has 0 saturated carbocycles. The molecule has 0 aromatic heterocycles. The molecule has 160 valence electrons. The number of hydrogen-bond acceptors (Lipinski definition) is 5. The third kappa shape index (κ3) is 5.30. The van der Waals surface area contributed by atoms with Gasteiger partial charge in [-0.2, -0.15) is 0 Å². The van der Waals surface area contributed by atoms with Crippen LogP contribution in [0.4, 0.5) is 5.69 Å². The fraction of sp³-hybridized carbons (Fsp3) is 0.696. The molecule has 3 fully saturated rings.